The van der Waals surface area contributed by atoms with Crippen LogP contribution in [0.1, 0.15) is 104 Å². The Morgan fingerprint density at radius 1 is 0.955 bits per heavy atom. The first kappa shape index (κ1) is 32.2. The Hall–Kier alpha value is -1.71. The van der Waals surface area contributed by atoms with Crippen molar-refractivity contribution in [3.63, 3.8) is 0 Å². The number of methoxy groups -OCH3 is 1. The molecule has 0 spiro atoms. The van der Waals surface area contributed by atoms with E-state index in [1.54, 1.807) is 0 Å². The molecule has 5 aliphatic carbocycles. The summed E-state index contributed by atoms with van der Waals surface area (Å²) in [5.74, 6) is 0.874. The molecule has 0 radical (unpaired) electrons. The maximum Gasteiger partial charge on any atom is 0.320 e. The second kappa shape index (κ2) is 12.8. The molecule has 2 heterocycles. The number of hydrogen-bond acceptors (Lipinski definition) is 9. The van der Waals surface area contributed by atoms with E-state index in [9.17, 15) is 19.5 Å². The Labute approximate surface area is 263 Å². The summed E-state index contributed by atoms with van der Waals surface area (Å²) >= 11 is 0. The molecule has 7 aliphatic rings. The third kappa shape index (κ3) is 5.83. The topological polar surface area (TPSA) is 123 Å². The van der Waals surface area contributed by atoms with Crippen molar-refractivity contribution >= 4 is 17.9 Å². The van der Waals surface area contributed by atoms with Crippen LogP contribution in [0, 0.1) is 46.3 Å². The van der Waals surface area contributed by atoms with E-state index in [2.05, 4.69) is 31.4 Å². The molecule has 3 N–H and O–H groups in total. The van der Waals surface area contributed by atoms with E-state index in [-0.39, 0.29) is 108 Å². The fraction of sp³-hybridized carbons (Fsp3) is 0.914. The van der Waals surface area contributed by atoms with Crippen LogP contribution in [0.3, 0.4) is 0 Å². The highest BCUT2D eigenvalue weighted by Gasteiger charge is 2.67. The zero-order valence-corrected chi connectivity index (χ0v) is 27.4. The minimum Gasteiger partial charge on any atom is -0.469 e. The molecule has 2 saturated heterocycles. The van der Waals surface area contributed by atoms with Gasteiger partial charge in [-0.05, 0) is 99.2 Å². The molecule has 248 valence electrons. The van der Waals surface area contributed by atoms with Crippen molar-refractivity contribution in [3.05, 3.63) is 0 Å². The number of aliphatic hydroxyl groups excluding tert-OH is 1. The number of esters is 3. The Bertz CT molecular complexity index is 1090. The van der Waals surface area contributed by atoms with Gasteiger partial charge in [-0.1, -0.05) is 33.6 Å². The van der Waals surface area contributed by atoms with Crippen LogP contribution in [0.25, 0.3) is 0 Å². The standard InChI is InChI=1S/C35H56N2O7/c1-20(9-12-30(39)42-4)23-10-11-24-33-25-17-29(35(23,24)3)44-32(41)19-37-27-8-6-5-7-26(27)36-18-31(40)43-28(33)16-21-15-22(38)13-14-34(21,25)2/h20-29,33,36-38H,5-19H2,1-4H3/t20-,21+,22-,23-,24+,25+,26-,27-,28-,29+,33+,34+,35-/m1/s1. The van der Waals surface area contributed by atoms with E-state index in [1.165, 1.54) is 7.11 Å². The van der Waals surface area contributed by atoms with Crippen LogP contribution in [0.2, 0.25) is 0 Å². The average Bonchev–Trinajstić information content (AvgIpc) is 3.36. The molecule has 9 nitrogen and oxygen atoms in total. The summed E-state index contributed by atoms with van der Waals surface area (Å²) in [6.07, 6.45) is 10.5. The maximum absolute atomic E-state index is 13.7. The minimum absolute atomic E-state index is 0.00716. The van der Waals surface area contributed by atoms with E-state index < -0.39 is 0 Å². The number of aliphatic hydroxyl groups is 1. The smallest absolute Gasteiger partial charge is 0.320 e. The number of ether oxygens (including phenoxy) is 3. The highest BCUT2D eigenvalue weighted by Crippen LogP contribution is 2.69. The molecule has 0 unspecified atom stereocenters. The molecule has 2 aliphatic heterocycles. The van der Waals surface area contributed by atoms with Gasteiger partial charge in [0.25, 0.3) is 0 Å². The van der Waals surface area contributed by atoms with Crippen molar-refractivity contribution in [2.45, 2.75) is 135 Å². The van der Waals surface area contributed by atoms with E-state index in [4.69, 9.17) is 14.2 Å². The minimum atomic E-state index is -0.319. The zero-order chi connectivity index (χ0) is 31.2. The molecule has 0 amide bonds. The van der Waals surface area contributed by atoms with Gasteiger partial charge in [-0.2, -0.15) is 0 Å². The van der Waals surface area contributed by atoms with Crippen molar-refractivity contribution in [1.82, 2.24) is 10.6 Å². The normalized spacial score (nSPS) is 46.7. The third-order valence-corrected chi connectivity index (χ3v) is 13.8. The summed E-state index contributed by atoms with van der Waals surface area (Å²) in [6.45, 7) is 7.30. The van der Waals surface area contributed by atoms with Gasteiger partial charge in [0.1, 0.15) is 12.2 Å². The highest BCUT2D eigenvalue weighted by molar-refractivity contribution is 5.72. The Morgan fingerprint density at radius 3 is 2.32 bits per heavy atom. The first-order valence-corrected chi connectivity index (χ1v) is 17.6. The van der Waals surface area contributed by atoms with Crippen molar-refractivity contribution in [2.75, 3.05) is 20.2 Å². The molecule has 5 saturated carbocycles. The fourth-order valence-corrected chi connectivity index (χ4v) is 11.5. The second-order valence-corrected chi connectivity index (χ2v) is 15.8. The van der Waals surface area contributed by atoms with Gasteiger partial charge in [0.15, 0.2) is 0 Å². The Morgan fingerprint density at radius 2 is 1.64 bits per heavy atom. The van der Waals surface area contributed by atoms with E-state index in [0.717, 1.165) is 77.0 Å². The summed E-state index contributed by atoms with van der Waals surface area (Å²) in [6, 6.07) is 0.215. The van der Waals surface area contributed by atoms with Gasteiger partial charge >= 0.3 is 17.9 Å². The van der Waals surface area contributed by atoms with Crippen LogP contribution in [-0.2, 0) is 28.6 Å². The van der Waals surface area contributed by atoms with Crippen LogP contribution in [0.5, 0.6) is 0 Å². The molecule has 7 rings (SSSR count). The van der Waals surface area contributed by atoms with Crippen LogP contribution in [0.4, 0.5) is 0 Å². The number of rotatable bonds is 4. The lowest BCUT2D eigenvalue weighted by Gasteiger charge is -2.64. The fourth-order valence-electron chi connectivity index (χ4n) is 11.5. The maximum atomic E-state index is 13.7. The van der Waals surface area contributed by atoms with Crippen LogP contribution >= 0.6 is 0 Å². The predicted molar refractivity (Wildman–Crippen MR) is 164 cm³/mol. The summed E-state index contributed by atoms with van der Waals surface area (Å²) in [7, 11) is 1.44. The van der Waals surface area contributed by atoms with Crippen LogP contribution < -0.4 is 10.6 Å². The first-order chi connectivity index (χ1) is 21.0. The lowest BCUT2D eigenvalue weighted by Crippen LogP contribution is -2.63. The van der Waals surface area contributed by atoms with E-state index in [0.29, 0.717) is 6.42 Å². The molecule has 0 aromatic rings. The number of fused-ring (bicyclic) bond motifs is 7. The SMILES string of the molecule is COC(=O)CC[C@@H](C)[C@H]1CC[C@H]2[C@@H]3[C@H]4C[C@@H]5C[C@H](O)CC[C@]5(C)[C@H]3C[C@H](OC(=O)CN[C@@H]3CCCC[C@H]3NCC(=O)O4)[C@]12C. The van der Waals surface area contributed by atoms with Crippen LogP contribution in [-0.4, -0.2) is 73.6 Å². The van der Waals surface area contributed by atoms with Gasteiger partial charge in [-0.15, -0.1) is 0 Å². The zero-order valence-electron chi connectivity index (χ0n) is 27.4. The predicted octanol–water partition coefficient (Wildman–Crippen LogP) is 4.14. The molecular weight excluding hydrogens is 560 g/mol. The van der Waals surface area contributed by atoms with Gasteiger partial charge in [0.2, 0.25) is 0 Å². The van der Waals surface area contributed by atoms with Crippen molar-refractivity contribution in [1.29, 1.82) is 0 Å². The largest absolute Gasteiger partial charge is 0.469 e. The molecule has 9 heteroatoms. The van der Waals surface area contributed by atoms with E-state index in [1.807, 2.05) is 0 Å². The quantitative estimate of drug-likeness (QED) is 0.316. The molecular formula is C35H56N2O7. The molecule has 0 aromatic heterocycles. The molecule has 4 bridgehead atoms. The lowest BCUT2D eigenvalue weighted by molar-refractivity contribution is -0.224. The van der Waals surface area contributed by atoms with Gasteiger partial charge in [-0.3, -0.25) is 14.4 Å². The number of nitrogens with one attached hydrogen (secondary N) is 2. The van der Waals surface area contributed by atoms with Gasteiger partial charge in [0.05, 0.1) is 26.3 Å². The summed E-state index contributed by atoms with van der Waals surface area (Å²) in [5, 5.41) is 17.7. The van der Waals surface area contributed by atoms with Crippen molar-refractivity contribution in [3.8, 4) is 0 Å². The van der Waals surface area contributed by atoms with E-state index >= 15 is 0 Å². The Kier molecular flexibility index (Phi) is 9.40. The summed E-state index contributed by atoms with van der Waals surface area (Å²) < 4.78 is 18.1. The highest BCUT2D eigenvalue weighted by atomic mass is 16.6. The molecule has 13 atom stereocenters. The van der Waals surface area contributed by atoms with Gasteiger partial charge in [-0.25, -0.2) is 0 Å². The second-order valence-electron chi connectivity index (χ2n) is 15.8. The number of carbonyl (C=O) groups is 3. The summed E-state index contributed by atoms with van der Waals surface area (Å²) in [5.41, 5.74) is -0.299. The third-order valence-electron chi connectivity index (χ3n) is 13.8. The number of hydrogen-bond donors (Lipinski definition) is 3. The van der Waals surface area contributed by atoms with Gasteiger partial charge < -0.3 is 30.0 Å². The van der Waals surface area contributed by atoms with Crippen LogP contribution in [0.15, 0.2) is 0 Å². The van der Waals surface area contributed by atoms with Crippen molar-refractivity contribution < 1.29 is 33.7 Å². The lowest BCUT2D eigenvalue weighted by atomic mass is 9.43. The molecule has 0 aromatic carbocycles. The van der Waals surface area contributed by atoms with Gasteiger partial charge in [0, 0.05) is 29.8 Å². The van der Waals surface area contributed by atoms with Crippen molar-refractivity contribution in [2.24, 2.45) is 46.3 Å². The Balaban J connectivity index is 1.37. The summed E-state index contributed by atoms with van der Waals surface area (Å²) in [4.78, 5) is 39.4. The first-order valence-electron chi connectivity index (χ1n) is 17.6. The molecule has 7 fully saturated rings. The molecule has 44 heavy (non-hydrogen) atoms. The average molecular weight is 617 g/mol. The monoisotopic (exact) mass is 616 g/mol. The number of carbonyl (C=O) groups excluding carboxylic acids is 3.